The standard InChI is InChI=1S/C28H34O6/c1-14(19-13-24(2)27(5,34-24)23(30)32-19)15-8-9-17-16(15)10-11-18-21(17)26(4)22(33-26)28(31)12-6-7-20(29)25(18,28)3/h6-7,10-11,14-15,19,22-23,30-31H,8-9,12-13H2,1-5H3/t14-,15-,19+,22-,23+,24-,25-,26-,27+,28-/m0/s1. The normalized spacial score (nSPS) is 52.7. The van der Waals surface area contributed by atoms with Gasteiger partial charge < -0.3 is 24.4 Å². The number of hydrogen-bond donors (Lipinski definition) is 2. The molecule has 7 rings (SSSR count). The number of aliphatic hydroxyl groups is 2. The van der Waals surface area contributed by atoms with Crippen LogP contribution in [0.5, 0.6) is 0 Å². The second-order valence-electron chi connectivity index (χ2n) is 12.4. The fourth-order valence-electron chi connectivity index (χ4n) is 8.18. The van der Waals surface area contributed by atoms with Crippen molar-refractivity contribution < 1.29 is 29.2 Å². The molecule has 3 heterocycles. The van der Waals surface area contributed by atoms with Crippen molar-refractivity contribution in [1.29, 1.82) is 0 Å². The zero-order valence-electron chi connectivity index (χ0n) is 20.6. The van der Waals surface area contributed by atoms with Crippen LogP contribution in [0.4, 0.5) is 0 Å². The van der Waals surface area contributed by atoms with Gasteiger partial charge in [0, 0.05) is 6.42 Å². The highest BCUT2D eigenvalue weighted by Gasteiger charge is 2.76. The van der Waals surface area contributed by atoms with Gasteiger partial charge in [-0.25, -0.2) is 0 Å². The molecule has 0 unspecified atom stereocenters. The monoisotopic (exact) mass is 466 g/mol. The number of hydrogen-bond acceptors (Lipinski definition) is 6. The zero-order chi connectivity index (χ0) is 24.1. The second-order valence-corrected chi connectivity index (χ2v) is 12.4. The Morgan fingerprint density at radius 2 is 1.94 bits per heavy atom. The lowest BCUT2D eigenvalue weighted by Crippen LogP contribution is -2.63. The molecule has 0 radical (unpaired) electrons. The van der Waals surface area contributed by atoms with Gasteiger partial charge in [-0.05, 0) is 87.1 Å². The van der Waals surface area contributed by atoms with Crippen LogP contribution < -0.4 is 0 Å². The Hall–Kier alpha value is -1.57. The van der Waals surface area contributed by atoms with Gasteiger partial charge in [0.25, 0.3) is 0 Å². The predicted octanol–water partition coefficient (Wildman–Crippen LogP) is 3.15. The van der Waals surface area contributed by atoms with Crippen LogP contribution in [0.15, 0.2) is 24.3 Å². The van der Waals surface area contributed by atoms with Gasteiger partial charge in [0.1, 0.15) is 28.5 Å². The van der Waals surface area contributed by atoms with E-state index in [-0.39, 0.29) is 29.5 Å². The minimum absolute atomic E-state index is 0.0479. The van der Waals surface area contributed by atoms with Crippen molar-refractivity contribution in [2.45, 2.75) is 113 Å². The molecule has 6 nitrogen and oxygen atoms in total. The van der Waals surface area contributed by atoms with E-state index in [9.17, 15) is 15.0 Å². The molecule has 0 aromatic heterocycles. The molecule has 3 saturated heterocycles. The molecule has 0 amide bonds. The van der Waals surface area contributed by atoms with Gasteiger partial charge in [0.15, 0.2) is 12.1 Å². The fraction of sp³-hybridized carbons (Fsp3) is 0.679. The van der Waals surface area contributed by atoms with E-state index in [1.807, 2.05) is 13.8 Å². The molecule has 6 aliphatic rings. The fourth-order valence-corrected chi connectivity index (χ4v) is 8.18. The molecule has 1 aromatic rings. The van der Waals surface area contributed by atoms with E-state index in [0.717, 1.165) is 30.4 Å². The molecule has 182 valence electrons. The van der Waals surface area contributed by atoms with Crippen molar-refractivity contribution in [3.8, 4) is 0 Å². The van der Waals surface area contributed by atoms with E-state index in [0.29, 0.717) is 12.3 Å². The average molecular weight is 467 g/mol. The first kappa shape index (κ1) is 21.7. The minimum atomic E-state index is -1.22. The van der Waals surface area contributed by atoms with Crippen LogP contribution in [0.3, 0.4) is 0 Å². The maximum Gasteiger partial charge on any atom is 0.186 e. The molecule has 3 fully saturated rings. The number of ketones is 1. The molecule has 2 N–H and O–H groups in total. The first-order valence-electron chi connectivity index (χ1n) is 12.7. The summed E-state index contributed by atoms with van der Waals surface area (Å²) in [5.74, 6) is 0.451. The number of ether oxygens (including phenoxy) is 3. The van der Waals surface area contributed by atoms with E-state index in [4.69, 9.17) is 14.2 Å². The van der Waals surface area contributed by atoms with E-state index >= 15 is 0 Å². The van der Waals surface area contributed by atoms with Crippen LogP contribution in [0.25, 0.3) is 0 Å². The molecular weight excluding hydrogens is 432 g/mol. The minimum Gasteiger partial charge on any atom is -0.385 e. The first-order chi connectivity index (χ1) is 15.9. The maximum absolute atomic E-state index is 13.2. The van der Waals surface area contributed by atoms with Crippen LogP contribution >= 0.6 is 0 Å². The van der Waals surface area contributed by atoms with Crippen LogP contribution in [0, 0.1) is 5.92 Å². The number of fused-ring (bicyclic) bond motifs is 9. The topological polar surface area (TPSA) is 91.8 Å². The number of rotatable bonds is 2. The number of carbonyl (C=O) groups is 1. The third kappa shape index (κ3) is 2.20. The van der Waals surface area contributed by atoms with Gasteiger partial charge in [0.2, 0.25) is 0 Å². The number of allylic oxidation sites excluding steroid dienone is 1. The highest BCUT2D eigenvalue weighted by Crippen LogP contribution is 2.66. The van der Waals surface area contributed by atoms with Crippen molar-refractivity contribution in [3.05, 3.63) is 46.5 Å². The molecule has 6 heteroatoms. The van der Waals surface area contributed by atoms with E-state index < -0.39 is 28.5 Å². The van der Waals surface area contributed by atoms with Gasteiger partial charge >= 0.3 is 0 Å². The molecule has 10 atom stereocenters. The molecule has 3 aliphatic carbocycles. The Bertz CT molecular complexity index is 1180. The summed E-state index contributed by atoms with van der Waals surface area (Å²) in [5, 5.41) is 22.3. The summed E-state index contributed by atoms with van der Waals surface area (Å²) in [5.41, 5.74) is 0.888. The molecule has 0 bridgehead atoms. The van der Waals surface area contributed by atoms with Crippen molar-refractivity contribution in [2.75, 3.05) is 0 Å². The summed E-state index contributed by atoms with van der Waals surface area (Å²) in [4.78, 5) is 13.2. The summed E-state index contributed by atoms with van der Waals surface area (Å²) >= 11 is 0. The third-order valence-corrected chi connectivity index (χ3v) is 10.8. The van der Waals surface area contributed by atoms with Crippen molar-refractivity contribution in [3.63, 3.8) is 0 Å². The van der Waals surface area contributed by atoms with E-state index in [1.54, 1.807) is 12.2 Å². The van der Waals surface area contributed by atoms with Gasteiger partial charge in [-0.1, -0.05) is 25.1 Å². The Morgan fingerprint density at radius 3 is 2.68 bits per heavy atom. The average Bonchev–Trinajstić information content (AvgIpc) is 3.56. The molecule has 34 heavy (non-hydrogen) atoms. The Kier molecular flexibility index (Phi) is 3.85. The van der Waals surface area contributed by atoms with Crippen molar-refractivity contribution >= 4 is 5.78 Å². The summed E-state index contributed by atoms with van der Waals surface area (Å²) in [7, 11) is 0. The molecule has 1 aromatic carbocycles. The van der Waals surface area contributed by atoms with Gasteiger partial charge in [-0.15, -0.1) is 0 Å². The number of carbonyl (C=O) groups excluding carboxylic acids is 1. The molecular formula is C28H34O6. The van der Waals surface area contributed by atoms with E-state index in [2.05, 4.69) is 32.9 Å². The smallest absolute Gasteiger partial charge is 0.186 e. The predicted molar refractivity (Wildman–Crippen MR) is 123 cm³/mol. The van der Waals surface area contributed by atoms with Crippen molar-refractivity contribution in [2.24, 2.45) is 5.92 Å². The lowest BCUT2D eigenvalue weighted by Gasteiger charge is -2.49. The number of epoxide rings is 2. The highest BCUT2D eigenvalue weighted by atomic mass is 16.7. The molecule has 0 spiro atoms. The largest absolute Gasteiger partial charge is 0.385 e. The Labute approximate surface area is 200 Å². The summed E-state index contributed by atoms with van der Waals surface area (Å²) in [6.07, 6.45) is 5.14. The van der Waals surface area contributed by atoms with Crippen LogP contribution in [-0.4, -0.2) is 51.3 Å². The van der Waals surface area contributed by atoms with Gasteiger partial charge in [-0.3, -0.25) is 4.79 Å². The quantitative estimate of drug-likeness (QED) is 0.651. The number of benzene rings is 1. The molecule has 3 aliphatic heterocycles. The Balaban J connectivity index is 1.29. The SMILES string of the molecule is C[C@@H]([C@@H]1CCc2c1ccc1c2[C@]2(C)O[C@@H]2[C@@]2(O)CC=CC(=O)[C@]12C)[C@H]1C[C@]2(C)O[C@]2(C)[C@H](O)O1. The zero-order valence-corrected chi connectivity index (χ0v) is 20.6. The van der Waals surface area contributed by atoms with Crippen molar-refractivity contribution in [1.82, 2.24) is 0 Å². The van der Waals surface area contributed by atoms with Crippen LogP contribution in [0.1, 0.15) is 82.1 Å². The third-order valence-electron chi connectivity index (χ3n) is 10.8. The summed E-state index contributed by atoms with van der Waals surface area (Å²) in [6.45, 7) is 10.2. The molecule has 0 saturated carbocycles. The lowest BCUT2D eigenvalue weighted by molar-refractivity contribution is -0.196. The summed E-state index contributed by atoms with van der Waals surface area (Å²) in [6, 6.07) is 4.24. The maximum atomic E-state index is 13.2. The Morgan fingerprint density at radius 1 is 1.18 bits per heavy atom. The van der Waals surface area contributed by atoms with E-state index in [1.165, 1.54) is 11.1 Å². The van der Waals surface area contributed by atoms with Gasteiger partial charge in [-0.2, -0.15) is 0 Å². The highest BCUT2D eigenvalue weighted by molar-refractivity contribution is 6.02. The number of aliphatic hydroxyl groups excluding tert-OH is 1. The summed E-state index contributed by atoms with van der Waals surface area (Å²) < 4.78 is 18.3. The van der Waals surface area contributed by atoms with Crippen LogP contribution in [-0.2, 0) is 36.4 Å². The second kappa shape index (κ2) is 6.04. The lowest BCUT2D eigenvalue weighted by atomic mass is 9.54. The first-order valence-corrected chi connectivity index (χ1v) is 12.7. The van der Waals surface area contributed by atoms with Crippen LogP contribution in [0.2, 0.25) is 0 Å². The van der Waals surface area contributed by atoms with Gasteiger partial charge in [0.05, 0.1) is 11.5 Å².